The Morgan fingerprint density at radius 2 is 1.68 bits per heavy atom. The average molecular weight is 430 g/mol. The van der Waals surface area contributed by atoms with Gasteiger partial charge < -0.3 is 4.57 Å². The zero-order valence-electron chi connectivity index (χ0n) is 17.7. The molecule has 2 amide bonds. The van der Waals surface area contributed by atoms with Gasteiger partial charge in [-0.25, -0.2) is 0 Å². The molecule has 5 nitrogen and oxygen atoms in total. The van der Waals surface area contributed by atoms with E-state index >= 15 is 0 Å². The molecule has 2 heterocycles. The van der Waals surface area contributed by atoms with Crippen LogP contribution in [0.3, 0.4) is 0 Å². The van der Waals surface area contributed by atoms with E-state index in [2.05, 4.69) is 9.88 Å². The third-order valence-electron chi connectivity index (χ3n) is 5.50. The molecular formula is C25H23N3O2S. The summed E-state index contributed by atoms with van der Waals surface area (Å²) in [4.78, 5) is 27.5. The van der Waals surface area contributed by atoms with E-state index in [1.165, 1.54) is 4.90 Å². The van der Waals surface area contributed by atoms with Crippen LogP contribution in [-0.2, 0) is 16.0 Å². The van der Waals surface area contributed by atoms with Gasteiger partial charge in [-0.15, -0.1) is 0 Å². The molecule has 1 aromatic heterocycles. The lowest BCUT2D eigenvalue weighted by atomic mass is 10.0. The summed E-state index contributed by atoms with van der Waals surface area (Å²) in [5.74, 6) is -0.899. The topological polar surface area (TPSA) is 54.3 Å². The van der Waals surface area contributed by atoms with Gasteiger partial charge in [0.15, 0.2) is 5.11 Å². The van der Waals surface area contributed by atoms with Gasteiger partial charge in [-0.3, -0.25) is 19.8 Å². The molecule has 1 aliphatic heterocycles. The van der Waals surface area contributed by atoms with Crippen molar-refractivity contribution in [3.8, 4) is 5.69 Å². The summed E-state index contributed by atoms with van der Waals surface area (Å²) in [6.45, 7) is 6.00. The molecule has 4 rings (SSSR count). The van der Waals surface area contributed by atoms with Crippen molar-refractivity contribution in [3.63, 3.8) is 0 Å². The summed E-state index contributed by atoms with van der Waals surface area (Å²) in [5.41, 5.74) is 5.55. The number of hydrogen-bond donors (Lipinski definition) is 1. The molecule has 0 saturated carbocycles. The molecule has 0 radical (unpaired) electrons. The van der Waals surface area contributed by atoms with Crippen molar-refractivity contribution in [2.24, 2.45) is 0 Å². The first kappa shape index (κ1) is 20.8. The molecule has 156 valence electrons. The molecular weight excluding hydrogens is 406 g/mol. The van der Waals surface area contributed by atoms with Crippen LogP contribution in [0.25, 0.3) is 11.8 Å². The van der Waals surface area contributed by atoms with Gasteiger partial charge in [0.2, 0.25) is 0 Å². The molecule has 0 spiro atoms. The van der Waals surface area contributed by atoms with Gasteiger partial charge in [-0.2, -0.15) is 0 Å². The normalized spacial score (nSPS) is 15.5. The van der Waals surface area contributed by atoms with E-state index in [-0.39, 0.29) is 10.7 Å². The lowest BCUT2D eigenvalue weighted by Gasteiger charge is -2.30. The molecule has 1 saturated heterocycles. The number of anilines is 1. The fraction of sp³-hybridized carbons (Fsp3) is 0.160. The maximum absolute atomic E-state index is 13.4. The van der Waals surface area contributed by atoms with Crippen LogP contribution in [0.5, 0.6) is 0 Å². The highest BCUT2D eigenvalue weighted by molar-refractivity contribution is 7.80. The maximum atomic E-state index is 13.4. The number of nitrogens with one attached hydrogen (secondary N) is 1. The van der Waals surface area contributed by atoms with E-state index in [4.69, 9.17) is 12.2 Å². The molecule has 0 aliphatic carbocycles. The second-order valence-electron chi connectivity index (χ2n) is 7.44. The summed E-state index contributed by atoms with van der Waals surface area (Å²) in [5, 5.41) is 2.77. The molecule has 0 unspecified atom stereocenters. The van der Waals surface area contributed by atoms with Crippen LogP contribution >= 0.6 is 12.2 Å². The van der Waals surface area contributed by atoms with Gasteiger partial charge in [-0.1, -0.05) is 43.3 Å². The van der Waals surface area contributed by atoms with E-state index in [0.717, 1.165) is 34.6 Å². The number of aryl methyl sites for hydroxylation is 2. The number of benzene rings is 2. The van der Waals surface area contributed by atoms with Crippen molar-refractivity contribution in [2.45, 2.75) is 27.2 Å². The van der Waals surface area contributed by atoms with Gasteiger partial charge in [0.25, 0.3) is 11.8 Å². The van der Waals surface area contributed by atoms with Crippen LogP contribution in [0.15, 0.2) is 66.2 Å². The summed E-state index contributed by atoms with van der Waals surface area (Å²) < 4.78 is 2.10. The predicted octanol–water partition coefficient (Wildman–Crippen LogP) is 4.49. The van der Waals surface area contributed by atoms with Crippen LogP contribution in [0.1, 0.15) is 29.4 Å². The minimum absolute atomic E-state index is 0.0628. The van der Waals surface area contributed by atoms with Crippen molar-refractivity contribution in [1.82, 2.24) is 9.88 Å². The SMILES string of the molecule is CCc1ccccc1N1C(=O)/C(=C/c2cc(C)n(-c3ccccc3)c2C)C(=O)NC1=S. The quantitative estimate of drug-likeness (QED) is 0.378. The Hall–Kier alpha value is -3.51. The van der Waals surface area contributed by atoms with Gasteiger partial charge >= 0.3 is 0 Å². The molecule has 6 heteroatoms. The zero-order valence-corrected chi connectivity index (χ0v) is 18.5. The summed E-state index contributed by atoms with van der Waals surface area (Å²) in [6.07, 6.45) is 2.40. The third-order valence-corrected chi connectivity index (χ3v) is 5.78. The monoisotopic (exact) mass is 429 g/mol. The first-order valence-corrected chi connectivity index (χ1v) is 10.6. The number of carbonyl (C=O) groups excluding carboxylic acids is 2. The number of aromatic nitrogens is 1. The Morgan fingerprint density at radius 3 is 2.39 bits per heavy atom. The first-order chi connectivity index (χ1) is 14.9. The van der Waals surface area contributed by atoms with Crippen LogP contribution in [0.2, 0.25) is 0 Å². The number of para-hydroxylation sites is 2. The average Bonchev–Trinajstić information content (AvgIpc) is 3.04. The lowest BCUT2D eigenvalue weighted by molar-refractivity contribution is -0.122. The fourth-order valence-electron chi connectivity index (χ4n) is 3.97. The fourth-order valence-corrected chi connectivity index (χ4v) is 4.24. The highest BCUT2D eigenvalue weighted by Gasteiger charge is 2.35. The Kier molecular flexibility index (Phi) is 5.57. The Morgan fingerprint density at radius 1 is 1.00 bits per heavy atom. The van der Waals surface area contributed by atoms with Crippen LogP contribution in [-0.4, -0.2) is 21.5 Å². The van der Waals surface area contributed by atoms with Crippen LogP contribution < -0.4 is 10.2 Å². The highest BCUT2D eigenvalue weighted by atomic mass is 32.1. The van der Waals surface area contributed by atoms with E-state index in [0.29, 0.717) is 5.69 Å². The van der Waals surface area contributed by atoms with Gasteiger partial charge in [0.05, 0.1) is 5.69 Å². The van der Waals surface area contributed by atoms with E-state index in [1.54, 1.807) is 6.08 Å². The van der Waals surface area contributed by atoms with Gasteiger partial charge in [-0.05, 0) is 74.0 Å². The highest BCUT2D eigenvalue weighted by Crippen LogP contribution is 2.28. The third kappa shape index (κ3) is 3.70. The molecule has 0 atom stereocenters. The molecule has 2 aromatic carbocycles. The van der Waals surface area contributed by atoms with Gasteiger partial charge in [0.1, 0.15) is 5.57 Å². The Bertz CT molecular complexity index is 1220. The number of thiocarbonyl (C=S) groups is 1. The molecule has 0 bridgehead atoms. The second kappa shape index (κ2) is 8.32. The van der Waals surface area contributed by atoms with E-state index in [9.17, 15) is 9.59 Å². The van der Waals surface area contributed by atoms with E-state index < -0.39 is 11.8 Å². The first-order valence-electron chi connectivity index (χ1n) is 10.2. The van der Waals surface area contributed by atoms with Gasteiger partial charge in [0, 0.05) is 17.1 Å². The predicted molar refractivity (Wildman–Crippen MR) is 127 cm³/mol. The number of nitrogens with zero attached hydrogens (tertiary/aromatic N) is 2. The molecule has 31 heavy (non-hydrogen) atoms. The molecule has 1 aliphatic rings. The standard InChI is InChI=1S/C25H23N3O2S/c1-4-18-10-8-9-13-22(18)28-24(30)21(23(29)26-25(28)31)15-19-14-16(2)27(17(19)3)20-11-6-5-7-12-20/h5-15H,4H2,1-3H3,(H,26,29,31)/b21-15+. The minimum atomic E-state index is -0.482. The van der Waals surface area contributed by atoms with Crippen LogP contribution in [0, 0.1) is 13.8 Å². The minimum Gasteiger partial charge on any atom is -0.318 e. The number of rotatable bonds is 4. The lowest BCUT2D eigenvalue weighted by Crippen LogP contribution is -2.54. The zero-order chi connectivity index (χ0) is 22.1. The molecule has 1 N–H and O–H groups in total. The van der Waals surface area contributed by atoms with Crippen molar-refractivity contribution in [3.05, 3.63) is 88.8 Å². The van der Waals surface area contributed by atoms with Crippen molar-refractivity contribution in [2.75, 3.05) is 4.90 Å². The summed E-state index contributed by atoms with van der Waals surface area (Å²) in [6, 6.07) is 19.5. The number of amides is 2. The smallest absolute Gasteiger partial charge is 0.270 e. The summed E-state index contributed by atoms with van der Waals surface area (Å²) >= 11 is 5.34. The number of carbonyl (C=O) groups is 2. The Balaban J connectivity index is 1.78. The number of hydrogen-bond acceptors (Lipinski definition) is 3. The van der Waals surface area contributed by atoms with Crippen molar-refractivity contribution >= 4 is 40.9 Å². The van der Waals surface area contributed by atoms with Crippen molar-refractivity contribution in [1.29, 1.82) is 0 Å². The second-order valence-corrected chi connectivity index (χ2v) is 7.82. The van der Waals surface area contributed by atoms with E-state index in [1.807, 2.05) is 81.4 Å². The largest absolute Gasteiger partial charge is 0.318 e. The van der Waals surface area contributed by atoms with Crippen molar-refractivity contribution < 1.29 is 9.59 Å². The summed E-state index contributed by atoms with van der Waals surface area (Å²) in [7, 11) is 0. The molecule has 3 aromatic rings. The molecule has 1 fully saturated rings. The Labute approximate surface area is 187 Å². The van der Waals surface area contributed by atoms with Crippen LogP contribution in [0.4, 0.5) is 5.69 Å². The maximum Gasteiger partial charge on any atom is 0.270 e.